The molecular weight excluding hydrogens is 202 g/mol. The lowest BCUT2D eigenvalue weighted by Gasteiger charge is -2.34. The zero-order valence-electron chi connectivity index (χ0n) is 10.7. The van der Waals surface area contributed by atoms with Gasteiger partial charge in [0.05, 0.1) is 0 Å². The predicted octanol–water partition coefficient (Wildman–Crippen LogP) is 2.79. The minimum absolute atomic E-state index is 0.0169. The molecule has 0 aliphatic heterocycles. The van der Waals surface area contributed by atoms with Crippen LogP contribution in [-0.2, 0) is 9.47 Å². The summed E-state index contributed by atoms with van der Waals surface area (Å²) < 4.78 is 10.8. The number of benzene rings is 1. The van der Waals surface area contributed by atoms with Crippen LogP contribution in [0.5, 0.6) is 0 Å². The van der Waals surface area contributed by atoms with Crippen molar-refractivity contribution >= 4 is 5.69 Å². The maximum Gasteiger partial charge on any atom is 0.129 e. The fourth-order valence-electron chi connectivity index (χ4n) is 1.73. The van der Waals surface area contributed by atoms with E-state index in [9.17, 15) is 0 Å². The Morgan fingerprint density at radius 1 is 1.06 bits per heavy atom. The van der Waals surface area contributed by atoms with E-state index in [2.05, 4.69) is 30.0 Å². The standard InChI is InChI=1S/C13H21NO2/c1-10-7-6-8-13(9-10)14(11(2)15-4)12(3)16-5/h6-9,11-12H,1-5H3. The van der Waals surface area contributed by atoms with Crippen LogP contribution in [-0.4, -0.2) is 26.7 Å². The van der Waals surface area contributed by atoms with Crippen molar-refractivity contribution in [3.63, 3.8) is 0 Å². The smallest absolute Gasteiger partial charge is 0.129 e. The molecule has 2 unspecified atom stereocenters. The molecule has 0 aliphatic carbocycles. The largest absolute Gasteiger partial charge is 0.362 e. The van der Waals surface area contributed by atoms with Gasteiger partial charge in [-0.3, -0.25) is 0 Å². The molecule has 0 saturated heterocycles. The van der Waals surface area contributed by atoms with Gasteiger partial charge in [0.25, 0.3) is 0 Å². The number of rotatable bonds is 5. The maximum absolute atomic E-state index is 5.38. The number of nitrogens with zero attached hydrogens (tertiary/aromatic N) is 1. The normalized spacial score (nSPS) is 14.6. The van der Waals surface area contributed by atoms with Crippen LogP contribution in [0.4, 0.5) is 5.69 Å². The van der Waals surface area contributed by atoms with Gasteiger partial charge < -0.3 is 14.4 Å². The summed E-state index contributed by atoms with van der Waals surface area (Å²) in [6, 6.07) is 8.32. The molecule has 0 fully saturated rings. The van der Waals surface area contributed by atoms with E-state index >= 15 is 0 Å². The zero-order valence-corrected chi connectivity index (χ0v) is 10.7. The molecule has 3 heteroatoms. The van der Waals surface area contributed by atoms with Crippen LogP contribution in [0.25, 0.3) is 0 Å². The summed E-state index contributed by atoms with van der Waals surface area (Å²) >= 11 is 0. The summed E-state index contributed by atoms with van der Waals surface area (Å²) in [5.41, 5.74) is 2.35. The van der Waals surface area contributed by atoms with Crippen molar-refractivity contribution in [2.45, 2.75) is 33.2 Å². The highest BCUT2D eigenvalue weighted by atomic mass is 16.5. The molecule has 0 radical (unpaired) electrons. The van der Waals surface area contributed by atoms with Crippen LogP contribution in [0.15, 0.2) is 24.3 Å². The van der Waals surface area contributed by atoms with Gasteiger partial charge >= 0.3 is 0 Å². The van der Waals surface area contributed by atoms with Gasteiger partial charge in [-0.05, 0) is 38.5 Å². The van der Waals surface area contributed by atoms with Gasteiger partial charge in [-0.25, -0.2) is 0 Å². The third kappa shape index (κ3) is 2.97. The van der Waals surface area contributed by atoms with Gasteiger partial charge in [-0.15, -0.1) is 0 Å². The van der Waals surface area contributed by atoms with E-state index in [0.717, 1.165) is 5.69 Å². The summed E-state index contributed by atoms with van der Waals surface area (Å²) in [7, 11) is 3.41. The van der Waals surface area contributed by atoms with Gasteiger partial charge in [-0.1, -0.05) is 12.1 Å². The molecular formula is C13H21NO2. The molecule has 0 N–H and O–H groups in total. The van der Waals surface area contributed by atoms with Crippen molar-refractivity contribution in [2.75, 3.05) is 19.1 Å². The van der Waals surface area contributed by atoms with E-state index in [1.165, 1.54) is 5.56 Å². The van der Waals surface area contributed by atoms with Gasteiger partial charge in [-0.2, -0.15) is 0 Å². The quantitative estimate of drug-likeness (QED) is 0.716. The molecule has 0 bridgehead atoms. The number of methoxy groups -OCH3 is 2. The Kier molecular flexibility index (Phi) is 4.77. The van der Waals surface area contributed by atoms with Crippen molar-refractivity contribution < 1.29 is 9.47 Å². The van der Waals surface area contributed by atoms with Crippen LogP contribution in [0.1, 0.15) is 19.4 Å². The molecule has 90 valence electrons. The monoisotopic (exact) mass is 223 g/mol. The first kappa shape index (κ1) is 13.0. The topological polar surface area (TPSA) is 21.7 Å². The molecule has 0 aromatic heterocycles. The Morgan fingerprint density at radius 2 is 1.62 bits per heavy atom. The van der Waals surface area contributed by atoms with Crippen molar-refractivity contribution in [3.05, 3.63) is 29.8 Å². The lowest BCUT2D eigenvalue weighted by molar-refractivity contribution is 0.0427. The number of hydrogen-bond acceptors (Lipinski definition) is 3. The molecule has 0 spiro atoms. The average Bonchev–Trinajstić information content (AvgIpc) is 2.29. The number of hydrogen-bond donors (Lipinski definition) is 0. The van der Waals surface area contributed by atoms with E-state index < -0.39 is 0 Å². The van der Waals surface area contributed by atoms with Crippen molar-refractivity contribution in [1.29, 1.82) is 0 Å². The first-order valence-electron chi connectivity index (χ1n) is 5.50. The summed E-state index contributed by atoms with van der Waals surface area (Å²) in [4.78, 5) is 2.10. The van der Waals surface area contributed by atoms with Crippen LogP contribution < -0.4 is 4.90 Å². The first-order chi connectivity index (χ1) is 7.60. The second-order valence-corrected chi connectivity index (χ2v) is 3.92. The molecule has 1 aromatic carbocycles. The molecule has 0 amide bonds. The Bertz CT molecular complexity index is 317. The predicted molar refractivity (Wildman–Crippen MR) is 66.6 cm³/mol. The highest BCUT2D eigenvalue weighted by Gasteiger charge is 2.19. The summed E-state index contributed by atoms with van der Waals surface area (Å²) in [6.45, 7) is 6.10. The highest BCUT2D eigenvalue weighted by molar-refractivity contribution is 5.49. The maximum atomic E-state index is 5.38. The number of anilines is 1. The highest BCUT2D eigenvalue weighted by Crippen LogP contribution is 2.21. The van der Waals surface area contributed by atoms with Crippen LogP contribution >= 0.6 is 0 Å². The Labute approximate surface area is 98.0 Å². The molecule has 1 aromatic rings. The minimum atomic E-state index is -0.0169. The summed E-state index contributed by atoms with van der Waals surface area (Å²) in [5.74, 6) is 0. The van der Waals surface area contributed by atoms with Crippen LogP contribution in [0.2, 0.25) is 0 Å². The third-order valence-corrected chi connectivity index (χ3v) is 2.77. The lowest BCUT2D eigenvalue weighted by atomic mass is 10.2. The van der Waals surface area contributed by atoms with E-state index in [4.69, 9.17) is 9.47 Å². The molecule has 0 heterocycles. The van der Waals surface area contributed by atoms with Gasteiger partial charge in [0.15, 0.2) is 0 Å². The van der Waals surface area contributed by atoms with Gasteiger partial charge in [0.2, 0.25) is 0 Å². The number of aryl methyl sites for hydroxylation is 1. The summed E-state index contributed by atoms with van der Waals surface area (Å²) in [6.07, 6.45) is -0.0338. The Morgan fingerprint density at radius 3 is 2.06 bits per heavy atom. The summed E-state index contributed by atoms with van der Waals surface area (Å²) in [5, 5.41) is 0. The van der Waals surface area contributed by atoms with Crippen molar-refractivity contribution in [1.82, 2.24) is 0 Å². The van der Waals surface area contributed by atoms with E-state index in [1.807, 2.05) is 19.9 Å². The molecule has 2 atom stereocenters. The molecule has 3 nitrogen and oxygen atoms in total. The fourth-order valence-corrected chi connectivity index (χ4v) is 1.73. The fraction of sp³-hybridized carbons (Fsp3) is 0.538. The first-order valence-corrected chi connectivity index (χ1v) is 5.50. The molecule has 1 rings (SSSR count). The van der Waals surface area contributed by atoms with Crippen LogP contribution in [0.3, 0.4) is 0 Å². The molecule has 16 heavy (non-hydrogen) atoms. The zero-order chi connectivity index (χ0) is 12.1. The van der Waals surface area contributed by atoms with E-state index in [1.54, 1.807) is 14.2 Å². The van der Waals surface area contributed by atoms with E-state index in [0.29, 0.717) is 0 Å². The lowest BCUT2D eigenvalue weighted by Crippen LogP contribution is -2.42. The van der Waals surface area contributed by atoms with Gasteiger partial charge in [0.1, 0.15) is 12.5 Å². The third-order valence-electron chi connectivity index (χ3n) is 2.77. The average molecular weight is 223 g/mol. The second kappa shape index (κ2) is 5.87. The Balaban J connectivity index is 3.00. The van der Waals surface area contributed by atoms with Crippen molar-refractivity contribution in [3.8, 4) is 0 Å². The minimum Gasteiger partial charge on any atom is -0.362 e. The SMILES string of the molecule is COC(C)N(c1cccc(C)c1)C(C)OC. The Hall–Kier alpha value is -1.06. The van der Waals surface area contributed by atoms with E-state index in [-0.39, 0.29) is 12.5 Å². The van der Waals surface area contributed by atoms with Crippen LogP contribution in [0, 0.1) is 6.92 Å². The molecule has 0 aliphatic rings. The van der Waals surface area contributed by atoms with Gasteiger partial charge in [0, 0.05) is 19.9 Å². The molecule has 0 saturated carbocycles. The van der Waals surface area contributed by atoms with Crippen molar-refractivity contribution in [2.24, 2.45) is 0 Å². The second-order valence-electron chi connectivity index (χ2n) is 3.92. The number of ether oxygens (including phenoxy) is 2.